The molecule has 9 aromatic rings. The monoisotopic (exact) mass is 1710 g/mol. The van der Waals surface area contributed by atoms with Gasteiger partial charge in [-0.3, -0.25) is 20.2 Å². The molecular formula is C75H92I4N7O7+. The third-order valence-corrected chi connectivity index (χ3v) is 18.2. The molecule has 1 saturated heterocycles. The number of Topliss-reactive ketones (excluding diaryl/α,β-unsaturated/α-hetero) is 3. The van der Waals surface area contributed by atoms with Crippen molar-refractivity contribution in [2.75, 3.05) is 38.2 Å². The van der Waals surface area contributed by atoms with Crippen molar-refractivity contribution in [1.29, 1.82) is 0 Å². The summed E-state index contributed by atoms with van der Waals surface area (Å²) in [7, 11) is 0. The van der Waals surface area contributed by atoms with Gasteiger partial charge in [0, 0.05) is 81.0 Å². The molecule has 93 heavy (non-hydrogen) atoms. The van der Waals surface area contributed by atoms with E-state index in [9.17, 15) is 24.3 Å². The molecule has 2 unspecified atom stereocenters. The molecule has 14 rings (SSSR count). The molecule has 0 radical (unpaired) electrons. The maximum Gasteiger partial charge on any atom is 0.313 e. The van der Waals surface area contributed by atoms with E-state index in [1.165, 1.54) is 45.5 Å². The number of rotatable bonds is 10. The van der Waals surface area contributed by atoms with Crippen LogP contribution in [0.3, 0.4) is 0 Å². The first-order valence-corrected chi connectivity index (χ1v) is 37.7. The lowest BCUT2D eigenvalue weighted by Gasteiger charge is -2.24. The third kappa shape index (κ3) is 27.7. The number of para-hydroxylation sites is 5. The standard InChI is InChI=1S/C15H13NO2.C12H14N2O.C12H13NO.C12H9NO.C6H8N2.C6H7O2.C3H6I2.2C3H7I.C3H8/c1-2-5-12-11(4-1)15-13(16-12)6-3-7-14(15)18-9-10-8-17-10;15-12-8-4-7-11(9-12)14-13-10-5-2-1-3-6-10;2*14-11-7-3-6-10-12(11)8-4-1-2-5-9(8)13-10;7-8-6-4-2-1-3-5-6;7-5-2-1-3-6(8)4-5;1-2-3(4)5;2*1-2-3-4;1-3-2/h1-7,10,16H,8-9H2;1-3,5-6,9,13-14H,4,7-8H2;1-2,4-5,10,12-13H,3,6-7H2;1-7,13-14H;1-5,8H,7H2;2H,1,3-4H2;3H,2H2,1H3;2*2-3H2,1H3;3H2,1-2H3/q;;;;;+1;;;;/t10-;;;;;;;;;/m0........./s1. The number of aromatic hydroxyl groups is 1. The van der Waals surface area contributed by atoms with Gasteiger partial charge in [0.05, 0.1) is 31.2 Å². The average molecular weight is 1710 g/mol. The largest absolute Gasteiger partial charge is 0.507 e. The van der Waals surface area contributed by atoms with Gasteiger partial charge in [0.15, 0.2) is 5.78 Å². The van der Waals surface area contributed by atoms with E-state index in [2.05, 4.69) is 193 Å². The van der Waals surface area contributed by atoms with E-state index in [0.717, 1.165) is 107 Å². The lowest BCUT2D eigenvalue weighted by Crippen LogP contribution is -2.30. The Morgan fingerprint density at radius 2 is 1.18 bits per heavy atom. The van der Waals surface area contributed by atoms with Crippen LogP contribution in [0.2, 0.25) is 0 Å². The molecular weight excluding hydrogens is 1620 g/mol. The number of aromatic nitrogens is 2. The first-order chi connectivity index (χ1) is 45.2. The Labute approximate surface area is 604 Å². The van der Waals surface area contributed by atoms with Crippen molar-refractivity contribution in [2.45, 2.75) is 138 Å². The predicted molar refractivity (Wildman–Crippen MR) is 423 cm³/mol. The van der Waals surface area contributed by atoms with Crippen LogP contribution in [0.25, 0.3) is 43.6 Å². The highest BCUT2D eigenvalue weighted by Crippen LogP contribution is 2.42. The zero-order valence-corrected chi connectivity index (χ0v) is 62.8. The number of allylic oxidation sites excluding steroid dienone is 2. The number of aromatic amines is 2. The molecule has 18 heteroatoms. The topological polar surface area (TPSA) is 216 Å². The fourth-order valence-electron chi connectivity index (χ4n) is 9.75. The van der Waals surface area contributed by atoms with Gasteiger partial charge in [0.1, 0.15) is 55.0 Å². The number of ketones is 4. The summed E-state index contributed by atoms with van der Waals surface area (Å²) in [6.07, 6.45) is 15.5. The number of H-pyrrole nitrogens is 2. The molecule has 0 spiro atoms. The second-order valence-electron chi connectivity index (χ2n) is 22.1. The van der Waals surface area contributed by atoms with Crippen molar-refractivity contribution in [3.63, 3.8) is 0 Å². The highest BCUT2D eigenvalue weighted by atomic mass is 127. The molecule has 9 N–H and O–H groups in total. The number of epoxide rings is 1. The van der Waals surface area contributed by atoms with Crippen LogP contribution in [0, 0.1) is 6.42 Å². The van der Waals surface area contributed by atoms with E-state index in [-0.39, 0.29) is 35.8 Å². The van der Waals surface area contributed by atoms with Gasteiger partial charge in [-0.2, -0.15) is 0 Å². The van der Waals surface area contributed by atoms with Gasteiger partial charge in [-0.25, -0.2) is 4.79 Å². The van der Waals surface area contributed by atoms with Crippen LogP contribution >= 0.6 is 90.4 Å². The number of hydrazine groups is 2. The van der Waals surface area contributed by atoms with Crippen molar-refractivity contribution in [3.8, 4) is 11.5 Å². The van der Waals surface area contributed by atoms with Crippen LogP contribution in [0.5, 0.6) is 11.5 Å². The number of benzene rings is 7. The predicted octanol–water partition coefficient (Wildman–Crippen LogP) is 19.8. The highest BCUT2D eigenvalue weighted by Gasteiger charge is 2.39. The molecule has 4 heterocycles. The number of hydrogen-bond donors (Lipinski definition) is 8. The van der Waals surface area contributed by atoms with Crippen LogP contribution < -0.4 is 32.2 Å². The number of nitrogens with two attached hydrogens (primary N) is 1. The molecule has 3 atom stereocenters. The van der Waals surface area contributed by atoms with Crippen molar-refractivity contribution >= 4 is 174 Å². The summed E-state index contributed by atoms with van der Waals surface area (Å²) in [5.41, 5.74) is 18.2. The Hall–Kier alpha value is -5.93. The first kappa shape index (κ1) is 77.8. The Morgan fingerprint density at radius 3 is 1.72 bits per heavy atom. The zero-order valence-electron chi connectivity index (χ0n) is 54.1. The van der Waals surface area contributed by atoms with Crippen LogP contribution in [-0.2, 0) is 23.9 Å². The number of nitrogen functional groups attached to an aromatic ring is 1. The normalized spacial score (nSPS) is 16.0. The Kier molecular flexibility index (Phi) is 37.4. The summed E-state index contributed by atoms with van der Waals surface area (Å²) in [6.45, 7) is 12.2. The van der Waals surface area contributed by atoms with Crippen LogP contribution in [0.1, 0.15) is 130 Å². The van der Waals surface area contributed by atoms with Crippen molar-refractivity contribution in [1.82, 2.24) is 15.4 Å². The summed E-state index contributed by atoms with van der Waals surface area (Å²) in [6, 6.07) is 55.9. The number of phenolic OH excluding ortho intramolecular Hbond substituents is 1. The van der Waals surface area contributed by atoms with E-state index < -0.39 is 0 Å². The van der Waals surface area contributed by atoms with Crippen molar-refractivity contribution in [3.05, 3.63) is 194 Å². The molecule has 7 aromatic carbocycles. The number of hydrogen-bond acceptors (Lipinski definition) is 12. The van der Waals surface area contributed by atoms with Gasteiger partial charge in [0.2, 0.25) is 0 Å². The maximum absolute atomic E-state index is 11.8. The minimum atomic E-state index is -0.0127. The number of ether oxygens (including phenoxy) is 2. The SMILES string of the molecule is CCC.CCC(I)I.CCCI.CCCI.NNc1ccccc1.O=C1C=C(NNc2ccccc2)CCC1.O=C1CCCC2Nc3ccccc3C12.O=C1[CH+]CCC(=O)C1.Oc1cccc2[nH]c3ccccc3c12.c1ccc2c(c1)[nH]c1cccc(OC[C@@H]3CO3)c12. The van der Waals surface area contributed by atoms with E-state index in [0.29, 0.717) is 43.4 Å². The molecule has 0 amide bonds. The van der Waals surface area contributed by atoms with Gasteiger partial charge in [-0.1, -0.05) is 235 Å². The fourth-order valence-corrected chi connectivity index (χ4v) is 9.75. The van der Waals surface area contributed by atoms with E-state index in [4.69, 9.17) is 15.3 Å². The number of carbonyl (C=O) groups excluding carboxylic acids is 4. The molecule has 14 nitrogen and oxygen atoms in total. The highest BCUT2D eigenvalue weighted by molar-refractivity contribution is 14.2. The van der Waals surface area contributed by atoms with E-state index in [1.807, 2.05) is 127 Å². The Balaban J connectivity index is 0.000000196. The number of nitrogens with one attached hydrogen (secondary N) is 6. The smallest absolute Gasteiger partial charge is 0.313 e. The van der Waals surface area contributed by atoms with Crippen LogP contribution in [-0.4, -0.2) is 74.4 Å². The molecule has 2 aliphatic heterocycles. The zero-order chi connectivity index (χ0) is 67.2. The number of fused-ring (bicyclic) bond motifs is 9. The third-order valence-electron chi connectivity index (χ3n) is 14.3. The number of carbonyl (C=O) groups is 4. The summed E-state index contributed by atoms with van der Waals surface area (Å²) in [5, 5.41) is 17.5. The molecule has 2 aromatic heterocycles. The summed E-state index contributed by atoms with van der Waals surface area (Å²) >= 11 is 9.49. The second kappa shape index (κ2) is 44.7. The van der Waals surface area contributed by atoms with Gasteiger partial charge < -0.3 is 46.1 Å². The second-order valence-corrected chi connectivity index (χ2v) is 29.6. The van der Waals surface area contributed by atoms with Crippen molar-refractivity contribution in [2.24, 2.45) is 5.84 Å². The fraction of sp³-hybridized carbons (Fsp3) is 0.347. The molecule has 3 aliphatic carbocycles. The number of phenols is 1. The quantitative estimate of drug-likeness (QED) is 0.0122. The summed E-state index contributed by atoms with van der Waals surface area (Å²) in [4.78, 5) is 50.4. The number of alkyl halides is 4. The molecule has 5 aliphatic rings. The van der Waals surface area contributed by atoms with Crippen LogP contribution in [0.4, 0.5) is 17.1 Å². The molecule has 2 saturated carbocycles. The van der Waals surface area contributed by atoms with Gasteiger partial charge in [-0.05, 0) is 126 Å². The summed E-state index contributed by atoms with van der Waals surface area (Å²) < 4.78 is 14.4. The van der Waals surface area contributed by atoms with Gasteiger partial charge >= 0.3 is 5.78 Å². The maximum atomic E-state index is 11.8. The minimum Gasteiger partial charge on any atom is -0.507 e. The van der Waals surface area contributed by atoms with E-state index in [1.54, 1.807) is 18.6 Å². The van der Waals surface area contributed by atoms with Crippen molar-refractivity contribution < 1.29 is 33.8 Å². The number of halogens is 4. The average Bonchev–Trinajstić information content (AvgIpc) is 1.73. The van der Waals surface area contributed by atoms with E-state index >= 15 is 0 Å². The molecule has 0 bridgehead atoms. The molecule has 496 valence electrons. The lowest BCUT2D eigenvalue weighted by atomic mass is 9.82. The molecule has 3 fully saturated rings. The minimum absolute atomic E-state index is 0.0127. The van der Waals surface area contributed by atoms with Gasteiger partial charge in [0.25, 0.3) is 0 Å². The first-order valence-electron chi connectivity index (χ1n) is 32.1. The Bertz CT molecular complexity index is 3650. The lowest BCUT2D eigenvalue weighted by molar-refractivity contribution is -0.127. The summed E-state index contributed by atoms with van der Waals surface area (Å²) in [5.74, 6) is 7.19. The van der Waals surface area contributed by atoms with Gasteiger partial charge in [-0.15, -0.1) is 0 Å². The van der Waals surface area contributed by atoms with Crippen LogP contribution in [0.15, 0.2) is 182 Å². The Morgan fingerprint density at radius 1 is 0.645 bits per heavy atom. The number of anilines is 3.